The van der Waals surface area contributed by atoms with Crippen molar-refractivity contribution in [3.63, 3.8) is 0 Å². The number of unbranched alkanes of at least 4 members (excludes halogenated alkanes) is 2. The molecule has 0 rings (SSSR count). The zero-order valence-electron chi connectivity index (χ0n) is 28.6. The third kappa shape index (κ3) is 187. The molecule has 0 saturated carbocycles. The minimum Gasteiger partial charge on any atom is -0.343 e. The van der Waals surface area contributed by atoms with E-state index in [0.717, 1.165) is 35.6 Å². The summed E-state index contributed by atoms with van der Waals surface area (Å²) in [6.07, 6.45) is -3.50. The number of rotatable bonds is 2. The standard InChI is InChI=1S/C4H6F2.2C4H9.C3H3F3.C2F4.2C2H6.CH4.2Li.S12.S3.S2/c1-3(5)4(2)6;2*1-3-4-2;1-2(4)3(5)6;3-1(4)2(5)6;2*1-2;;;;1-3-5-7-9-11-12-10-8-6-4-2;1-3-2;1-2/h1-2H3;2*1,3-4H2,2H3;1H3;;2*1-2H3;1H4;;;;;/q;2*-1;;;;;;2*+1;;;/b4-3+;;;;;;;;;;;;. The van der Waals surface area contributed by atoms with Crippen LogP contribution in [0.25, 0.3) is 0 Å². The van der Waals surface area contributed by atoms with Crippen LogP contribution in [0.3, 0.4) is 0 Å². The van der Waals surface area contributed by atoms with E-state index in [2.05, 4.69) is 94.8 Å². The molecule has 0 amide bonds. The SMILES string of the molecule is C.C/C(F)=C(/C)F.CC.CC.CC(F)=C(F)F.FC(F)=C(F)F.S=S.S=S=S.S=S=S=S=S=S=S=S=S=S=S=S.[CH2-]CCC.[CH2-]CCC.[Li+].[Li+]. The van der Waals surface area contributed by atoms with Gasteiger partial charge in [-0.05, 0) is 20.8 Å². The van der Waals surface area contributed by atoms with E-state index in [1.54, 1.807) is 71.0 Å². The molecule has 0 radical (unpaired) electrons. The Hall–Kier alpha value is 3.52. The van der Waals surface area contributed by atoms with E-state index in [4.69, 9.17) is 0 Å². The van der Waals surface area contributed by atoms with Crippen molar-refractivity contribution < 1.29 is 77.2 Å². The summed E-state index contributed by atoms with van der Waals surface area (Å²) in [5.74, 6) is -2.89. The number of halogens is 9. The minimum atomic E-state index is -2.91. The van der Waals surface area contributed by atoms with Gasteiger partial charge in [-0.2, -0.15) is 39.2 Å². The molecule has 0 fully saturated rings. The molecule has 0 bridgehead atoms. The van der Waals surface area contributed by atoms with Gasteiger partial charge in [-0.1, -0.05) is 61.8 Å². The average Bonchev–Trinajstić information content (AvgIpc) is 3.06. The van der Waals surface area contributed by atoms with Crippen LogP contribution in [-0.4, -0.2) is 0 Å². The third-order valence-corrected chi connectivity index (χ3v) is 21.8. The quantitative estimate of drug-likeness (QED) is 0.184. The number of hydrogen-bond acceptors (Lipinski definition) is 6. The molecule has 0 aliphatic rings. The van der Waals surface area contributed by atoms with E-state index >= 15 is 0 Å². The molecular weight excluding hydrogens is 994 g/mol. The third-order valence-electron chi connectivity index (χ3n) is 1.84. The van der Waals surface area contributed by atoms with Crippen LogP contribution >= 0.6 is 0 Å². The molecule has 0 N–H and O–H groups in total. The van der Waals surface area contributed by atoms with Crippen molar-refractivity contribution in [3.8, 4) is 0 Å². The summed E-state index contributed by atoms with van der Waals surface area (Å²) < 4.78 is 96.1. The Balaban J connectivity index is -0.0000000291. The summed E-state index contributed by atoms with van der Waals surface area (Å²) in [5, 5.41) is 0. The molecule has 298 valence electrons. The van der Waals surface area contributed by atoms with Crippen LogP contribution in [-0.2, 0) is 165 Å². The van der Waals surface area contributed by atoms with Gasteiger partial charge in [-0.3, -0.25) is 0 Å². The Bertz CT molecular complexity index is 1050. The van der Waals surface area contributed by atoms with Crippen LogP contribution in [0, 0.1) is 13.8 Å². The molecule has 0 aromatic heterocycles. The van der Waals surface area contributed by atoms with E-state index in [0.29, 0.717) is 6.92 Å². The molecule has 0 aliphatic heterocycles. The van der Waals surface area contributed by atoms with Gasteiger partial charge in [0, 0.05) is 165 Å². The molecule has 0 unspecified atom stereocenters. The van der Waals surface area contributed by atoms with Crippen LogP contribution in [0.1, 0.15) is 95.4 Å². The zero-order valence-corrected chi connectivity index (χ0v) is 42.5. The molecule has 0 nitrogen and oxygen atoms in total. The number of hydrogen-bond donors (Lipinski definition) is 0. The fraction of sp³-hybridized carbons (Fsp3) is 0.636. The van der Waals surface area contributed by atoms with Gasteiger partial charge in [-0.15, -0.1) is 0 Å². The molecule has 0 aliphatic carbocycles. The van der Waals surface area contributed by atoms with Gasteiger partial charge in [0.1, 0.15) is 11.7 Å². The van der Waals surface area contributed by atoms with Crippen LogP contribution in [0.4, 0.5) is 39.5 Å². The molecule has 0 saturated heterocycles. The number of allylic oxidation sites excluding steroid dienone is 3. The first-order valence-electron chi connectivity index (χ1n) is 11.7. The van der Waals surface area contributed by atoms with Crippen LogP contribution in [0.5, 0.6) is 0 Å². The first kappa shape index (κ1) is 89.9. The molecule has 0 aromatic carbocycles. The Morgan fingerprint density at radius 1 is 0.460 bits per heavy atom. The topological polar surface area (TPSA) is 0 Å². The Kier molecular flexibility index (Phi) is 188. The summed E-state index contributed by atoms with van der Waals surface area (Å²) in [7, 11) is 17.2. The molecule has 28 heteroatoms. The van der Waals surface area contributed by atoms with Crippen molar-refractivity contribution in [2.75, 3.05) is 0 Å². The Morgan fingerprint density at radius 3 is 0.660 bits per heavy atom. The van der Waals surface area contributed by atoms with E-state index in [1.807, 2.05) is 27.7 Å². The van der Waals surface area contributed by atoms with Crippen molar-refractivity contribution in [3.05, 3.63) is 49.6 Å². The van der Waals surface area contributed by atoms with Crippen molar-refractivity contribution >= 4 is 165 Å². The fourth-order valence-corrected chi connectivity index (χ4v) is 22.0. The normalized spacial score (nSPS) is 7.04. The average molecular weight is 1040 g/mol. The van der Waals surface area contributed by atoms with Gasteiger partial charge < -0.3 is 13.8 Å². The fourth-order valence-electron chi connectivity index (χ4n) is 0.0907. The predicted molar refractivity (Wildman–Crippen MR) is 243 cm³/mol. The second-order valence-corrected chi connectivity index (χ2v) is 24.3. The molecular formula is C22H43F9Li2S17. The van der Waals surface area contributed by atoms with E-state index in [1.165, 1.54) is 30.6 Å². The molecule has 0 aromatic rings. The van der Waals surface area contributed by atoms with E-state index in [-0.39, 0.29) is 45.1 Å². The Morgan fingerprint density at radius 2 is 0.600 bits per heavy atom. The maximum absolute atomic E-state index is 11.3. The molecule has 0 spiro atoms. The maximum Gasteiger partial charge on any atom is 1.00 e. The van der Waals surface area contributed by atoms with Gasteiger partial charge in [0.25, 0.3) is 0 Å². The summed E-state index contributed by atoms with van der Waals surface area (Å²) in [5.41, 5.74) is 0. The first-order chi connectivity index (χ1) is 22.1. The first-order valence-corrected chi connectivity index (χ1v) is 30.4. The van der Waals surface area contributed by atoms with Crippen molar-refractivity contribution in [2.45, 2.75) is 95.4 Å². The van der Waals surface area contributed by atoms with Gasteiger partial charge in [0.05, 0.1) is 0 Å². The van der Waals surface area contributed by atoms with Gasteiger partial charge in [0.15, 0.2) is 5.83 Å². The van der Waals surface area contributed by atoms with Crippen molar-refractivity contribution in [2.24, 2.45) is 0 Å². The zero-order chi connectivity index (χ0) is 40.1. The smallest absolute Gasteiger partial charge is 0.343 e. The van der Waals surface area contributed by atoms with Gasteiger partial charge in [0.2, 0.25) is 0 Å². The predicted octanol–water partition coefficient (Wildman–Crippen LogP) is 6.15. The second-order valence-electron chi connectivity index (χ2n) is 4.84. The van der Waals surface area contributed by atoms with E-state index < -0.39 is 35.7 Å². The van der Waals surface area contributed by atoms with Crippen LogP contribution in [0.2, 0.25) is 0 Å². The molecule has 50 heavy (non-hydrogen) atoms. The maximum atomic E-state index is 11.3. The minimum absolute atomic E-state index is 0. The molecule has 0 atom stereocenters. The monoisotopic (exact) mass is 1040 g/mol. The molecule has 0 heterocycles. The van der Waals surface area contributed by atoms with Crippen LogP contribution in [0.15, 0.2) is 35.7 Å². The summed E-state index contributed by atoms with van der Waals surface area (Å²) in [6, 6.07) is 0. The summed E-state index contributed by atoms with van der Waals surface area (Å²) in [6.45, 7) is 22.3. The van der Waals surface area contributed by atoms with Crippen molar-refractivity contribution in [1.29, 1.82) is 0 Å². The van der Waals surface area contributed by atoms with Crippen molar-refractivity contribution in [1.82, 2.24) is 0 Å². The van der Waals surface area contributed by atoms with Gasteiger partial charge >= 0.3 is 56.0 Å². The summed E-state index contributed by atoms with van der Waals surface area (Å²) >= 11 is 25.0. The Labute approximate surface area is 381 Å². The second kappa shape index (κ2) is 105. The largest absolute Gasteiger partial charge is 1.00 e. The van der Waals surface area contributed by atoms with Crippen LogP contribution < -0.4 is 37.7 Å². The van der Waals surface area contributed by atoms with E-state index in [9.17, 15) is 39.5 Å². The summed E-state index contributed by atoms with van der Waals surface area (Å²) in [4.78, 5) is 0. The van der Waals surface area contributed by atoms with Gasteiger partial charge in [-0.25, -0.2) is 13.2 Å².